The Kier molecular flexibility index (Phi) is 7.59. The standard InChI is InChI=1S/C32H34ClN3O2/c33-28-11-9-27(10-12-28)32(14-3-4-15-32)22-38-31-35-18-26(19-36-31)29-13-16-34-20-30(29)37-21-23-7-8-24-5-1-2-6-25(24)17-23/h1-2,5-12,17-19,29-30,34H,3-4,13-16,20-22H2. The van der Waals surface area contributed by atoms with Gasteiger partial charge in [-0.25, -0.2) is 9.97 Å². The number of fused-ring (bicyclic) bond motifs is 1. The van der Waals surface area contributed by atoms with Gasteiger partial charge in [0.05, 0.1) is 12.7 Å². The number of nitrogens with one attached hydrogen (secondary N) is 1. The van der Waals surface area contributed by atoms with Crippen molar-refractivity contribution < 1.29 is 9.47 Å². The molecule has 3 aromatic carbocycles. The van der Waals surface area contributed by atoms with Crippen LogP contribution in [0.25, 0.3) is 10.8 Å². The minimum absolute atomic E-state index is 0.00333. The minimum atomic E-state index is 0.00333. The van der Waals surface area contributed by atoms with Gasteiger partial charge in [-0.2, -0.15) is 0 Å². The number of hydrogen-bond acceptors (Lipinski definition) is 5. The first-order chi connectivity index (χ1) is 18.7. The van der Waals surface area contributed by atoms with E-state index in [0.29, 0.717) is 19.2 Å². The molecule has 1 saturated carbocycles. The summed E-state index contributed by atoms with van der Waals surface area (Å²) in [5.74, 6) is 0.251. The lowest BCUT2D eigenvalue weighted by Crippen LogP contribution is -2.41. The van der Waals surface area contributed by atoms with E-state index in [4.69, 9.17) is 21.1 Å². The monoisotopic (exact) mass is 527 g/mol. The van der Waals surface area contributed by atoms with Crippen LogP contribution in [0.3, 0.4) is 0 Å². The van der Waals surface area contributed by atoms with Crippen molar-refractivity contribution in [2.45, 2.75) is 56.1 Å². The molecule has 6 rings (SSSR count). The van der Waals surface area contributed by atoms with Gasteiger partial charge in [0.15, 0.2) is 0 Å². The maximum Gasteiger partial charge on any atom is 0.316 e. The summed E-state index contributed by atoms with van der Waals surface area (Å²) in [4.78, 5) is 9.22. The first-order valence-electron chi connectivity index (χ1n) is 13.7. The van der Waals surface area contributed by atoms with Gasteiger partial charge in [0.1, 0.15) is 6.61 Å². The maximum absolute atomic E-state index is 6.44. The van der Waals surface area contributed by atoms with Crippen molar-refractivity contribution in [3.8, 4) is 6.01 Å². The highest BCUT2D eigenvalue weighted by Gasteiger charge is 2.37. The van der Waals surface area contributed by atoms with Gasteiger partial charge in [-0.3, -0.25) is 0 Å². The Hall–Kier alpha value is -2.99. The Morgan fingerprint density at radius 1 is 0.921 bits per heavy atom. The highest BCUT2D eigenvalue weighted by atomic mass is 35.5. The van der Waals surface area contributed by atoms with Crippen molar-refractivity contribution in [2.75, 3.05) is 19.7 Å². The molecule has 1 saturated heterocycles. The van der Waals surface area contributed by atoms with Crippen molar-refractivity contribution in [2.24, 2.45) is 0 Å². The van der Waals surface area contributed by atoms with Crippen LogP contribution in [0.15, 0.2) is 79.1 Å². The van der Waals surface area contributed by atoms with Gasteiger partial charge in [0, 0.05) is 35.3 Å². The van der Waals surface area contributed by atoms with E-state index in [9.17, 15) is 0 Å². The highest BCUT2D eigenvalue weighted by molar-refractivity contribution is 6.30. The van der Waals surface area contributed by atoms with Crippen LogP contribution in [0.5, 0.6) is 6.01 Å². The summed E-state index contributed by atoms with van der Waals surface area (Å²) in [5, 5.41) is 6.74. The van der Waals surface area contributed by atoms with Crippen LogP contribution in [0.4, 0.5) is 0 Å². The van der Waals surface area contributed by atoms with E-state index in [1.165, 1.54) is 34.7 Å². The molecule has 0 amide bonds. The topological polar surface area (TPSA) is 56.3 Å². The largest absolute Gasteiger partial charge is 0.463 e. The van der Waals surface area contributed by atoms with Crippen LogP contribution in [-0.2, 0) is 16.8 Å². The van der Waals surface area contributed by atoms with Gasteiger partial charge in [-0.15, -0.1) is 0 Å². The Morgan fingerprint density at radius 3 is 2.47 bits per heavy atom. The molecular weight excluding hydrogens is 494 g/mol. The molecule has 1 N–H and O–H groups in total. The van der Waals surface area contributed by atoms with Crippen molar-refractivity contribution in [1.82, 2.24) is 15.3 Å². The summed E-state index contributed by atoms with van der Waals surface area (Å²) in [6.07, 6.45) is 9.55. The molecule has 1 aliphatic heterocycles. The highest BCUT2D eigenvalue weighted by Crippen LogP contribution is 2.41. The molecule has 1 aliphatic carbocycles. The molecule has 0 radical (unpaired) electrons. The van der Waals surface area contributed by atoms with Crippen LogP contribution in [0, 0.1) is 0 Å². The van der Waals surface area contributed by atoms with E-state index in [1.807, 2.05) is 24.5 Å². The zero-order chi connectivity index (χ0) is 25.8. The average molecular weight is 528 g/mol. The van der Waals surface area contributed by atoms with E-state index in [0.717, 1.165) is 42.9 Å². The predicted molar refractivity (Wildman–Crippen MR) is 152 cm³/mol. The molecule has 38 heavy (non-hydrogen) atoms. The zero-order valence-electron chi connectivity index (χ0n) is 21.6. The lowest BCUT2D eigenvalue weighted by atomic mass is 9.80. The van der Waals surface area contributed by atoms with E-state index < -0.39 is 0 Å². The number of aromatic nitrogens is 2. The van der Waals surface area contributed by atoms with Gasteiger partial charge < -0.3 is 14.8 Å². The zero-order valence-corrected chi connectivity index (χ0v) is 22.4. The molecule has 4 aromatic rings. The second-order valence-electron chi connectivity index (χ2n) is 10.7. The molecule has 5 nitrogen and oxygen atoms in total. The molecule has 1 aromatic heterocycles. The third-order valence-corrected chi connectivity index (χ3v) is 8.53. The number of hydrogen-bond donors (Lipinski definition) is 1. The first-order valence-corrected chi connectivity index (χ1v) is 14.1. The summed E-state index contributed by atoms with van der Waals surface area (Å²) in [6, 6.07) is 23.6. The van der Waals surface area contributed by atoms with Crippen LogP contribution < -0.4 is 10.1 Å². The number of halogens is 1. The van der Waals surface area contributed by atoms with E-state index >= 15 is 0 Å². The fourth-order valence-electron chi connectivity index (χ4n) is 6.08. The van der Waals surface area contributed by atoms with Crippen LogP contribution >= 0.6 is 11.6 Å². The van der Waals surface area contributed by atoms with E-state index in [2.05, 4.69) is 69.9 Å². The second kappa shape index (κ2) is 11.4. The van der Waals surface area contributed by atoms with Crippen LogP contribution in [-0.4, -0.2) is 35.8 Å². The quantitative estimate of drug-likeness (QED) is 0.272. The Balaban J connectivity index is 1.10. The average Bonchev–Trinajstić information content (AvgIpc) is 3.46. The van der Waals surface area contributed by atoms with Gasteiger partial charge in [0.2, 0.25) is 0 Å². The first kappa shape index (κ1) is 25.3. The normalized spacial score (nSPS) is 21.0. The third kappa shape index (κ3) is 5.56. The fraction of sp³-hybridized carbons (Fsp3) is 0.375. The summed E-state index contributed by atoms with van der Waals surface area (Å²) in [7, 11) is 0. The summed E-state index contributed by atoms with van der Waals surface area (Å²) < 4.78 is 12.6. The number of nitrogens with zero attached hydrogens (tertiary/aromatic N) is 2. The summed E-state index contributed by atoms with van der Waals surface area (Å²) in [6.45, 7) is 2.95. The van der Waals surface area contributed by atoms with E-state index in [1.54, 1.807) is 0 Å². The third-order valence-electron chi connectivity index (χ3n) is 8.28. The summed E-state index contributed by atoms with van der Waals surface area (Å²) >= 11 is 6.13. The number of benzene rings is 3. The predicted octanol–water partition coefficient (Wildman–Crippen LogP) is 6.84. The van der Waals surface area contributed by atoms with Crippen molar-refractivity contribution in [3.05, 3.63) is 101 Å². The second-order valence-corrected chi connectivity index (χ2v) is 11.1. The lowest BCUT2D eigenvalue weighted by molar-refractivity contribution is 0.0105. The molecule has 6 heteroatoms. The van der Waals surface area contributed by atoms with Crippen LogP contribution in [0.1, 0.15) is 54.7 Å². The number of rotatable bonds is 8. The summed E-state index contributed by atoms with van der Waals surface area (Å²) in [5.41, 5.74) is 3.59. The molecule has 0 bridgehead atoms. The van der Waals surface area contributed by atoms with Crippen molar-refractivity contribution in [1.29, 1.82) is 0 Å². The molecule has 2 heterocycles. The fourth-order valence-corrected chi connectivity index (χ4v) is 6.21. The Morgan fingerprint density at radius 2 is 1.68 bits per heavy atom. The smallest absolute Gasteiger partial charge is 0.316 e. The van der Waals surface area contributed by atoms with Gasteiger partial charge in [-0.1, -0.05) is 73.0 Å². The molecular formula is C32H34ClN3O2. The lowest BCUT2D eigenvalue weighted by Gasteiger charge is -2.32. The molecule has 0 spiro atoms. The van der Waals surface area contributed by atoms with E-state index in [-0.39, 0.29) is 17.4 Å². The molecule has 2 atom stereocenters. The van der Waals surface area contributed by atoms with Crippen LogP contribution in [0.2, 0.25) is 5.02 Å². The maximum atomic E-state index is 6.44. The molecule has 2 unspecified atom stereocenters. The molecule has 2 aliphatic rings. The SMILES string of the molecule is Clc1ccc(C2(COc3ncc(C4CCNCC4OCc4ccc5ccccc5c4)cn3)CCCC2)cc1. The van der Waals surface area contributed by atoms with Gasteiger partial charge in [0.25, 0.3) is 0 Å². The minimum Gasteiger partial charge on any atom is -0.463 e. The Labute approximate surface area is 229 Å². The number of ether oxygens (including phenoxy) is 2. The van der Waals surface area contributed by atoms with Gasteiger partial charge >= 0.3 is 6.01 Å². The molecule has 196 valence electrons. The number of piperidine rings is 1. The van der Waals surface area contributed by atoms with Gasteiger partial charge in [-0.05, 0) is 71.5 Å². The van der Waals surface area contributed by atoms with Crippen molar-refractivity contribution in [3.63, 3.8) is 0 Å². The molecule has 2 fully saturated rings. The Bertz CT molecular complexity index is 1350. The van der Waals surface area contributed by atoms with Crippen molar-refractivity contribution >= 4 is 22.4 Å².